The van der Waals surface area contributed by atoms with Crippen LogP contribution in [0.15, 0.2) is 10.7 Å². The lowest BCUT2D eigenvalue weighted by atomic mass is 10.4. The maximum Gasteiger partial charge on any atom is 0.241 e. The molecule has 0 aromatic carbocycles. The molecule has 0 unspecified atom stereocenters. The summed E-state index contributed by atoms with van der Waals surface area (Å²) in [4.78, 5) is 22.1. The van der Waals surface area contributed by atoms with Crippen LogP contribution >= 0.6 is 15.9 Å². The van der Waals surface area contributed by atoms with Crippen molar-refractivity contribution in [2.24, 2.45) is 0 Å². The molecule has 6 heteroatoms. The fourth-order valence-electron chi connectivity index (χ4n) is 1.53. The summed E-state index contributed by atoms with van der Waals surface area (Å²) < 4.78 is 0.762. The molecule has 1 amide bonds. The van der Waals surface area contributed by atoms with Crippen LogP contribution in [0, 0.1) is 0 Å². The number of nitrogens with one attached hydrogen (secondary N) is 1. The average molecular weight is 313 g/mol. The smallest absolute Gasteiger partial charge is 0.241 e. The van der Waals surface area contributed by atoms with Gasteiger partial charge in [-0.15, -0.1) is 0 Å². The van der Waals surface area contributed by atoms with Gasteiger partial charge in [-0.3, -0.25) is 4.79 Å². The summed E-state index contributed by atoms with van der Waals surface area (Å²) in [6.07, 6.45) is 2.32. The number of amides is 1. The van der Waals surface area contributed by atoms with Gasteiger partial charge in [-0.25, -0.2) is 9.97 Å². The van der Waals surface area contributed by atoms with Gasteiger partial charge in [0.25, 0.3) is 0 Å². The molecular weight excluding hydrogens is 296 g/mol. The van der Waals surface area contributed by atoms with E-state index in [1.807, 2.05) is 6.92 Å². The molecule has 1 saturated carbocycles. The first-order valence-electron chi connectivity index (χ1n) is 6.12. The van der Waals surface area contributed by atoms with Crippen LogP contribution in [0.25, 0.3) is 0 Å². The monoisotopic (exact) mass is 312 g/mol. The van der Waals surface area contributed by atoms with Crippen LogP contribution < -0.4 is 5.32 Å². The van der Waals surface area contributed by atoms with Crippen molar-refractivity contribution in [1.29, 1.82) is 0 Å². The summed E-state index contributed by atoms with van der Waals surface area (Å²) >= 11 is 3.37. The maximum absolute atomic E-state index is 11.7. The van der Waals surface area contributed by atoms with Crippen LogP contribution in [-0.4, -0.2) is 40.9 Å². The van der Waals surface area contributed by atoms with Crippen LogP contribution in [0.5, 0.6) is 0 Å². The Bertz CT molecular complexity index is 448. The van der Waals surface area contributed by atoms with Gasteiger partial charge in [0.15, 0.2) is 0 Å². The van der Waals surface area contributed by atoms with Gasteiger partial charge in [0.2, 0.25) is 5.91 Å². The molecule has 1 fully saturated rings. The highest BCUT2D eigenvalue weighted by Gasteiger charge is 2.27. The van der Waals surface area contributed by atoms with E-state index < -0.39 is 0 Å². The Balaban J connectivity index is 1.98. The van der Waals surface area contributed by atoms with Crippen molar-refractivity contribution < 1.29 is 4.79 Å². The molecule has 0 saturated heterocycles. The van der Waals surface area contributed by atoms with Gasteiger partial charge in [0.1, 0.15) is 16.2 Å². The summed E-state index contributed by atoms with van der Waals surface area (Å²) in [5, 5.41) is 3.05. The predicted molar refractivity (Wildman–Crippen MR) is 73.5 cm³/mol. The fourth-order valence-corrected chi connectivity index (χ4v) is 1.93. The SMILES string of the molecule is CCN(C)C(=O)CNc1cc(Br)nc(C2CC2)n1. The first kappa shape index (κ1) is 13.3. The van der Waals surface area contributed by atoms with E-state index in [1.54, 1.807) is 18.0 Å². The second-order valence-electron chi connectivity index (χ2n) is 4.47. The number of hydrogen-bond acceptors (Lipinski definition) is 4. The highest BCUT2D eigenvalue weighted by molar-refractivity contribution is 9.10. The van der Waals surface area contributed by atoms with Crippen LogP contribution in [0.1, 0.15) is 31.5 Å². The highest BCUT2D eigenvalue weighted by atomic mass is 79.9. The molecule has 0 bridgehead atoms. The number of aromatic nitrogens is 2. The second-order valence-corrected chi connectivity index (χ2v) is 5.28. The quantitative estimate of drug-likeness (QED) is 0.845. The topological polar surface area (TPSA) is 58.1 Å². The van der Waals surface area contributed by atoms with Crippen LogP contribution in [0.3, 0.4) is 0 Å². The molecule has 1 aromatic heterocycles. The van der Waals surface area contributed by atoms with Gasteiger partial charge in [-0.1, -0.05) is 0 Å². The number of carbonyl (C=O) groups excluding carboxylic acids is 1. The zero-order chi connectivity index (χ0) is 13.1. The molecule has 98 valence electrons. The normalized spacial score (nSPS) is 14.4. The zero-order valence-electron chi connectivity index (χ0n) is 10.6. The molecule has 1 N–H and O–H groups in total. The Morgan fingerprint density at radius 3 is 2.89 bits per heavy atom. The van der Waals surface area contributed by atoms with E-state index >= 15 is 0 Å². The third kappa shape index (κ3) is 3.41. The average Bonchev–Trinajstić information content (AvgIpc) is 3.18. The van der Waals surface area contributed by atoms with Crippen molar-refractivity contribution in [3.8, 4) is 0 Å². The Morgan fingerprint density at radius 2 is 2.28 bits per heavy atom. The molecule has 2 rings (SSSR count). The van der Waals surface area contributed by atoms with Gasteiger partial charge in [0, 0.05) is 25.6 Å². The molecule has 0 spiro atoms. The maximum atomic E-state index is 11.7. The lowest BCUT2D eigenvalue weighted by Crippen LogP contribution is -2.32. The van der Waals surface area contributed by atoms with Crippen molar-refractivity contribution in [2.45, 2.75) is 25.7 Å². The van der Waals surface area contributed by atoms with Gasteiger partial charge in [0.05, 0.1) is 6.54 Å². The number of nitrogens with zero attached hydrogens (tertiary/aromatic N) is 3. The number of carbonyl (C=O) groups is 1. The van der Waals surface area contributed by atoms with E-state index in [0.29, 0.717) is 18.3 Å². The van der Waals surface area contributed by atoms with E-state index in [1.165, 1.54) is 0 Å². The summed E-state index contributed by atoms with van der Waals surface area (Å²) in [6.45, 7) is 2.92. The minimum absolute atomic E-state index is 0.0557. The van der Waals surface area contributed by atoms with E-state index in [2.05, 4.69) is 31.2 Å². The molecule has 18 heavy (non-hydrogen) atoms. The Kier molecular flexibility index (Phi) is 4.16. The summed E-state index contributed by atoms with van der Waals surface area (Å²) in [7, 11) is 1.79. The van der Waals surface area contributed by atoms with Crippen molar-refractivity contribution >= 4 is 27.7 Å². The van der Waals surface area contributed by atoms with E-state index in [0.717, 1.165) is 23.3 Å². The van der Waals surface area contributed by atoms with E-state index in [9.17, 15) is 4.79 Å². The second kappa shape index (κ2) is 5.65. The van der Waals surface area contributed by atoms with Crippen molar-refractivity contribution in [1.82, 2.24) is 14.9 Å². The summed E-state index contributed by atoms with van der Waals surface area (Å²) in [5.74, 6) is 2.12. The van der Waals surface area contributed by atoms with Crippen LogP contribution in [0.4, 0.5) is 5.82 Å². The minimum atomic E-state index is 0.0557. The van der Waals surface area contributed by atoms with Crippen molar-refractivity contribution in [2.75, 3.05) is 25.5 Å². The van der Waals surface area contributed by atoms with Crippen LogP contribution in [0.2, 0.25) is 0 Å². The molecule has 1 aromatic rings. The highest BCUT2D eigenvalue weighted by Crippen LogP contribution is 2.38. The van der Waals surface area contributed by atoms with Crippen LogP contribution in [-0.2, 0) is 4.79 Å². The Morgan fingerprint density at radius 1 is 1.56 bits per heavy atom. The molecule has 1 aliphatic carbocycles. The molecule has 1 aliphatic rings. The number of halogens is 1. The Labute approximate surface area is 115 Å². The molecule has 0 radical (unpaired) electrons. The molecular formula is C12H17BrN4O. The first-order chi connectivity index (χ1) is 8.60. The molecule has 0 atom stereocenters. The predicted octanol–water partition coefficient (Wildman–Crippen LogP) is 2.01. The van der Waals surface area contributed by atoms with Gasteiger partial charge in [-0.2, -0.15) is 0 Å². The molecule has 1 heterocycles. The number of likely N-dealkylation sites (N-methyl/N-ethyl adjacent to an activating group) is 1. The van der Waals surface area contributed by atoms with E-state index in [-0.39, 0.29) is 12.5 Å². The van der Waals surface area contributed by atoms with Gasteiger partial charge in [-0.05, 0) is 35.7 Å². The number of anilines is 1. The zero-order valence-corrected chi connectivity index (χ0v) is 12.2. The number of rotatable bonds is 5. The molecule has 5 nitrogen and oxygen atoms in total. The minimum Gasteiger partial charge on any atom is -0.361 e. The standard InChI is InChI=1S/C12H17BrN4O/c1-3-17(2)11(18)7-14-10-6-9(13)15-12(16-10)8-4-5-8/h6,8H,3-5,7H2,1-2H3,(H,14,15,16). The van der Waals surface area contributed by atoms with Gasteiger partial charge >= 0.3 is 0 Å². The lowest BCUT2D eigenvalue weighted by molar-refractivity contribution is -0.127. The van der Waals surface area contributed by atoms with Crippen molar-refractivity contribution in [3.63, 3.8) is 0 Å². The van der Waals surface area contributed by atoms with Gasteiger partial charge < -0.3 is 10.2 Å². The Hall–Kier alpha value is -1.17. The largest absolute Gasteiger partial charge is 0.361 e. The van der Waals surface area contributed by atoms with E-state index in [4.69, 9.17) is 0 Å². The fraction of sp³-hybridized carbons (Fsp3) is 0.583. The van der Waals surface area contributed by atoms with Crippen molar-refractivity contribution in [3.05, 3.63) is 16.5 Å². The lowest BCUT2D eigenvalue weighted by Gasteiger charge is -2.15. The third-order valence-electron chi connectivity index (χ3n) is 2.98. The first-order valence-corrected chi connectivity index (χ1v) is 6.91. The third-order valence-corrected chi connectivity index (χ3v) is 3.38. The summed E-state index contributed by atoms with van der Waals surface area (Å²) in [5.41, 5.74) is 0. The summed E-state index contributed by atoms with van der Waals surface area (Å²) in [6, 6.07) is 1.80. The molecule has 0 aliphatic heterocycles. The number of hydrogen-bond donors (Lipinski definition) is 1.